The van der Waals surface area contributed by atoms with E-state index >= 15 is 0 Å². The Kier molecular flexibility index (Phi) is 2.02. The number of hydrogen-bond acceptors (Lipinski definition) is 2. The van der Waals surface area contributed by atoms with Crippen molar-refractivity contribution in [2.45, 2.75) is 13.3 Å². The van der Waals surface area contributed by atoms with Gasteiger partial charge in [0.15, 0.2) is 0 Å². The van der Waals surface area contributed by atoms with Gasteiger partial charge in [0.25, 0.3) is 0 Å². The molecule has 1 N–H and O–H groups in total. The molecule has 0 aliphatic carbocycles. The minimum atomic E-state index is 0.170. The summed E-state index contributed by atoms with van der Waals surface area (Å²) in [4.78, 5) is 4.38. The highest BCUT2D eigenvalue weighted by atomic mass is 16.3. The molecule has 0 radical (unpaired) electrons. The van der Waals surface area contributed by atoms with Gasteiger partial charge in [-0.15, -0.1) is 0 Å². The average Bonchev–Trinajstić information content (AvgIpc) is 2.44. The largest absolute Gasteiger partial charge is 0.396 e. The van der Waals surface area contributed by atoms with Gasteiger partial charge in [0, 0.05) is 24.9 Å². The van der Waals surface area contributed by atoms with Gasteiger partial charge in [-0.3, -0.25) is 0 Å². The number of hydrogen-bond donors (Lipinski definition) is 1. The number of aryl methyl sites for hydroxylation is 1. The van der Waals surface area contributed by atoms with Gasteiger partial charge in [-0.05, 0) is 19.1 Å². The van der Waals surface area contributed by atoms with E-state index in [0.29, 0.717) is 6.42 Å². The normalized spacial score (nSPS) is 10.9. The summed E-state index contributed by atoms with van der Waals surface area (Å²) in [7, 11) is 0. The van der Waals surface area contributed by atoms with E-state index in [-0.39, 0.29) is 6.61 Å². The van der Waals surface area contributed by atoms with Crippen molar-refractivity contribution in [2.24, 2.45) is 0 Å². The predicted molar refractivity (Wildman–Crippen MR) is 50.7 cm³/mol. The smallest absolute Gasteiger partial charge is 0.137 e. The van der Waals surface area contributed by atoms with Crippen LogP contribution < -0.4 is 0 Å². The first-order valence-electron chi connectivity index (χ1n) is 4.36. The lowest BCUT2D eigenvalue weighted by Gasteiger charge is -1.98. The maximum atomic E-state index is 8.88. The second-order valence-corrected chi connectivity index (χ2v) is 3.05. The van der Waals surface area contributed by atoms with Gasteiger partial charge >= 0.3 is 0 Å². The van der Waals surface area contributed by atoms with E-state index in [4.69, 9.17) is 5.11 Å². The fraction of sp³-hybridized carbons (Fsp3) is 0.300. The highest BCUT2D eigenvalue weighted by Gasteiger charge is 2.05. The lowest BCUT2D eigenvalue weighted by molar-refractivity contribution is 0.297. The molecule has 0 fully saturated rings. The molecule has 0 saturated carbocycles. The minimum Gasteiger partial charge on any atom is -0.396 e. The maximum absolute atomic E-state index is 8.88. The first-order valence-corrected chi connectivity index (χ1v) is 4.36. The molecule has 0 atom stereocenters. The van der Waals surface area contributed by atoms with Crippen LogP contribution in [0.1, 0.15) is 11.4 Å². The van der Waals surface area contributed by atoms with Gasteiger partial charge < -0.3 is 9.51 Å². The van der Waals surface area contributed by atoms with E-state index in [1.807, 2.05) is 35.7 Å². The fourth-order valence-electron chi connectivity index (χ4n) is 1.57. The van der Waals surface area contributed by atoms with E-state index in [9.17, 15) is 0 Å². The molecule has 0 unspecified atom stereocenters. The van der Waals surface area contributed by atoms with Crippen LogP contribution in [0.5, 0.6) is 0 Å². The Morgan fingerprint density at radius 2 is 2.31 bits per heavy atom. The van der Waals surface area contributed by atoms with Crippen molar-refractivity contribution in [1.82, 2.24) is 9.38 Å². The summed E-state index contributed by atoms with van der Waals surface area (Å²) in [5, 5.41) is 8.88. The number of pyridine rings is 1. The molecule has 13 heavy (non-hydrogen) atoms. The molecular weight excluding hydrogens is 164 g/mol. The Bertz CT molecular complexity index is 420. The summed E-state index contributed by atoms with van der Waals surface area (Å²) < 4.78 is 2.02. The van der Waals surface area contributed by atoms with Gasteiger partial charge in [0.2, 0.25) is 0 Å². The van der Waals surface area contributed by atoms with Crippen molar-refractivity contribution in [3.05, 3.63) is 35.8 Å². The van der Waals surface area contributed by atoms with Crippen molar-refractivity contribution in [1.29, 1.82) is 0 Å². The molecule has 3 nitrogen and oxygen atoms in total. The number of aliphatic hydroxyl groups is 1. The summed E-state index contributed by atoms with van der Waals surface area (Å²) in [6.07, 6.45) is 2.64. The van der Waals surface area contributed by atoms with Crippen molar-refractivity contribution < 1.29 is 5.11 Å². The third kappa shape index (κ3) is 1.31. The van der Waals surface area contributed by atoms with Crippen LogP contribution in [0.3, 0.4) is 0 Å². The van der Waals surface area contributed by atoms with Crippen LogP contribution in [0.2, 0.25) is 0 Å². The van der Waals surface area contributed by atoms with E-state index < -0.39 is 0 Å². The molecule has 0 saturated heterocycles. The number of rotatable bonds is 2. The van der Waals surface area contributed by atoms with Crippen molar-refractivity contribution in [3.63, 3.8) is 0 Å². The van der Waals surface area contributed by atoms with Crippen molar-refractivity contribution >= 4 is 5.65 Å². The Morgan fingerprint density at radius 3 is 3.08 bits per heavy atom. The van der Waals surface area contributed by atoms with Crippen LogP contribution in [-0.2, 0) is 6.42 Å². The van der Waals surface area contributed by atoms with Gasteiger partial charge in [-0.25, -0.2) is 4.98 Å². The van der Waals surface area contributed by atoms with E-state index in [2.05, 4.69) is 4.98 Å². The zero-order valence-corrected chi connectivity index (χ0v) is 7.57. The zero-order chi connectivity index (χ0) is 9.26. The summed E-state index contributed by atoms with van der Waals surface area (Å²) in [5.41, 5.74) is 3.04. The van der Waals surface area contributed by atoms with Crippen LogP contribution >= 0.6 is 0 Å². The van der Waals surface area contributed by atoms with Crippen LogP contribution in [-0.4, -0.2) is 21.1 Å². The molecule has 0 aliphatic heterocycles. The van der Waals surface area contributed by atoms with E-state index in [0.717, 1.165) is 17.0 Å². The van der Waals surface area contributed by atoms with Crippen molar-refractivity contribution in [3.8, 4) is 0 Å². The molecule has 0 amide bonds. The topological polar surface area (TPSA) is 37.5 Å². The third-order valence-corrected chi connectivity index (χ3v) is 2.18. The number of aliphatic hydroxyl groups excluding tert-OH is 1. The van der Waals surface area contributed by atoms with E-state index in [1.54, 1.807) is 0 Å². The van der Waals surface area contributed by atoms with Crippen LogP contribution in [0.4, 0.5) is 0 Å². The summed E-state index contributed by atoms with van der Waals surface area (Å²) in [5.74, 6) is 0. The SMILES string of the molecule is Cc1nc2ccccn2c1CCO. The van der Waals surface area contributed by atoms with E-state index in [1.165, 1.54) is 0 Å². The number of imidazole rings is 1. The molecule has 0 bridgehead atoms. The standard InChI is InChI=1S/C10H12N2O/c1-8-9(5-7-13)12-6-3-2-4-10(12)11-8/h2-4,6,13H,5,7H2,1H3. The Morgan fingerprint density at radius 1 is 1.46 bits per heavy atom. The monoisotopic (exact) mass is 176 g/mol. The molecule has 3 heteroatoms. The average molecular weight is 176 g/mol. The maximum Gasteiger partial charge on any atom is 0.137 e. The van der Waals surface area contributed by atoms with Crippen LogP contribution in [0.25, 0.3) is 5.65 Å². The van der Waals surface area contributed by atoms with Gasteiger partial charge in [-0.1, -0.05) is 6.07 Å². The second-order valence-electron chi connectivity index (χ2n) is 3.05. The summed E-state index contributed by atoms with van der Waals surface area (Å²) >= 11 is 0. The third-order valence-electron chi connectivity index (χ3n) is 2.18. The molecule has 2 rings (SSSR count). The Balaban J connectivity index is 2.64. The molecule has 68 valence electrons. The Labute approximate surface area is 76.7 Å². The molecule has 2 aromatic heterocycles. The quantitative estimate of drug-likeness (QED) is 0.746. The fourth-order valence-corrected chi connectivity index (χ4v) is 1.57. The molecule has 0 spiro atoms. The zero-order valence-electron chi connectivity index (χ0n) is 7.57. The van der Waals surface area contributed by atoms with Crippen LogP contribution in [0, 0.1) is 6.92 Å². The Hall–Kier alpha value is -1.35. The number of nitrogens with zero attached hydrogens (tertiary/aromatic N) is 2. The van der Waals surface area contributed by atoms with Crippen molar-refractivity contribution in [2.75, 3.05) is 6.61 Å². The lowest BCUT2D eigenvalue weighted by atomic mass is 10.3. The second kappa shape index (κ2) is 3.18. The summed E-state index contributed by atoms with van der Waals surface area (Å²) in [6, 6.07) is 5.90. The summed E-state index contributed by atoms with van der Waals surface area (Å²) in [6.45, 7) is 2.14. The van der Waals surface area contributed by atoms with Gasteiger partial charge in [-0.2, -0.15) is 0 Å². The molecule has 2 aromatic rings. The first kappa shape index (κ1) is 8.26. The number of fused-ring (bicyclic) bond motifs is 1. The van der Waals surface area contributed by atoms with Gasteiger partial charge in [0.1, 0.15) is 5.65 Å². The highest BCUT2D eigenvalue weighted by molar-refractivity contribution is 5.42. The number of aromatic nitrogens is 2. The highest BCUT2D eigenvalue weighted by Crippen LogP contribution is 2.11. The van der Waals surface area contributed by atoms with Gasteiger partial charge in [0.05, 0.1) is 5.69 Å². The minimum absolute atomic E-state index is 0.170. The van der Waals surface area contributed by atoms with Crippen LogP contribution in [0.15, 0.2) is 24.4 Å². The molecule has 2 heterocycles. The lowest BCUT2D eigenvalue weighted by Crippen LogP contribution is -1.97. The first-order chi connectivity index (χ1) is 6.33. The predicted octanol–water partition coefficient (Wildman–Crippen LogP) is 1.18. The molecule has 0 aliphatic rings. The molecular formula is C10H12N2O. The molecule has 0 aromatic carbocycles.